The molecule has 0 aliphatic rings. The molecule has 3 aromatic carbocycles. The Kier molecular flexibility index (Phi) is 5.74. The van der Waals surface area contributed by atoms with E-state index in [-0.39, 0.29) is 11.6 Å². The summed E-state index contributed by atoms with van der Waals surface area (Å²) in [5, 5.41) is 0. The van der Waals surface area contributed by atoms with E-state index >= 15 is 0 Å². The highest BCUT2D eigenvalue weighted by Crippen LogP contribution is 2.35. The molecule has 0 aliphatic carbocycles. The molecule has 142 valence electrons. The van der Waals surface area contributed by atoms with Crippen LogP contribution in [0.4, 0.5) is 17.1 Å². The van der Waals surface area contributed by atoms with E-state index in [0.29, 0.717) is 17.0 Å². The molecule has 0 saturated carbocycles. The molecule has 0 amide bonds. The molecule has 0 saturated heterocycles. The van der Waals surface area contributed by atoms with Gasteiger partial charge in [-0.25, -0.2) is 0 Å². The zero-order chi connectivity index (χ0) is 20.3. The summed E-state index contributed by atoms with van der Waals surface area (Å²) in [6, 6.07) is 23.7. The Labute approximate surface area is 166 Å². The number of carbonyl (C=O) groups excluding carboxylic acids is 2. The zero-order valence-corrected chi connectivity index (χ0v) is 16.8. The lowest BCUT2D eigenvalue weighted by molar-refractivity contribution is 0.100. The first-order valence-corrected chi connectivity index (χ1v) is 9.49. The molecule has 0 aromatic heterocycles. The standard InChI is InChI=1S/C25H25NO2/c1-17(2)20-5-11-23(12-6-20)26(24-13-7-21(8-14-24)18(3)27)25-15-9-22(10-16-25)19(4)28/h5-17H,1-4H3. The van der Waals surface area contributed by atoms with E-state index in [1.54, 1.807) is 13.8 Å². The second-order valence-corrected chi connectivity index (χ2v) is 7.29. The lowest BCUT2D eigenvalue weighted by Gasteiger charge is -2.26. The van der Waals surface area contributed by atoms with Gasteiger partial charge in [0.1, 0.15) is 0 Å². The molecule has 0 spiro atoms. The molecule has 0 bridgehead atoms. The third kappa shape index (κ3) is 4.20. The Morgan fingerprint density at radius 2 is 0.929 bits per heavy atom. The monoisotopic (exact) mass is 371 g/mol. The Morgan fingerprint density at radius 1 is 0.607 bits per heavy atom. The van der Waals surface area contributed by atoms with Crippen LogP contribution in [0.3, 0.4) is 0 Å². The maximum Gasteiger partial charge on any atom is 0.159 e. The first-order chi connectivity index (χ1) is 13.4. The van der Waals surface area contributed by atoms with Gasteiger partial charge in [0.2, 0.25) is 0 Å². The third-order valence-corrected chi connectivity index (χ3v) is 4.88. The number of rotatable bonds is 6. The summed E-state index contributed by atoms with van der Waals surface area (Å²) in [6.45, 7) is 7.48. The Balaban J connectivity index is 2.07. The van der Waals surface area contributed by atoms with Gasteiger partial charge in [0.05, 0.1) is 0 Å². The summed E-state index contributed by atoms with van der Waals surface area (Å²) in [5.74, 6) is 0.558. The zero-order valence-electron chi connectivity index (χ0n) is 16.8. The van der Waals surface area contributed by atoms with Crippen molar-refractivity contribution in [2.45, 2.75) is 33.6 Å². The van der Waals surface area contributed by atoms with Crippen LogP contribution in [0.15, 0.2) is 72.8 Å². The molecule has 0 fully saturated rings. The van der Waals surface area contributed by atoms with Crippen molar-refractivity contribution in [2.75, 3.05) is 4.90 Å². The second-order valence-electron chi connectivity index (χ2n) is 7.29. The molecule has 0 atom stereocenters. The van der Waals surface area contributed by atoms with Gasteiger partial charge in [-0.05, 0) is 86.0 Å². The highest BCUT2D eigenvalue weighted by molar-refractivity contribution is 5.95. The van der Waals surface area contributed by atoms with E-state index < -0.39 is 0 Å². The molecule has 3 aromatic rings. The fourth-order valence-corrected chi connectivity index (χ4v) is 3.15. The van der Waals surface area contributed by atoms with Crippen LogP contribution in [-0.2, 0) is 0 Å². The van der Waals surface area contributed by atoms with Crippen LogP contribution in [0.25, 0.3) is 0 Å². The molecule has 3 rings (SSSR count). The lowest BCUT2D eigenvalue weighted by Crippen LogP contribution is -2.10. The minimum absolute atomic E-state index is 0.0465. The molecule has 0 heterocycles. The van der Waals surface area contributed by atoms with Crippen molar-refractivity contribution in [1.82, 2.24) is 0 Å². The van der Waals surface area contributed by atoms with Crippen molar-refractivity contribution in [1.29, 1.82) is 0 Å². The predicted octanol–water partition coefficient (Wildman–Crippen LogP) is 6.69. The summed E-state index contributed by atoms with van der Waals surface area (Å²) < 4.78 is 0. The first kappa shape index (κ1) is 19.6. The largest absolute Gasteiger partial charge is 0.311 e. The van der Waals surface area contributed by atoms with Gasteiger partial charge in [-0.2, -0.15) is 0 Å². The summed E-state index contributed by atoms with van der Waals surface area (Å²) in [6.07, 6.45) is 0. The number of benzene rings is 3. The Morgan fingerprint density at radius 3 is 1.21 bits per heavy atom. The fourth-order valence-electron chi connectivity index (χ4n) is 3.15. The van der Waals surface area contributed by atoms with E-state index in [2.05, 4.69) is 43.0 Å². The van der Waals surface area contributed by atoms with Crippen molar-refractivity contribution in [3.8, 4) is 0 Å². The summed E-state index contributed by atoms with van der Waals surface area (Å²) in [7, 11) is 0. The maximum absolute atomic E-state index is 11.6. The maximum atomic E-state index is 11.6. The van der Waals surface area contributed by atoms with Gasteiger partial charge < -0.3 is 4.90 Å². The molecular weight excluding hydrogens is 346 g/mol. The smallest absolute Gasteiger partial charge is 0.159 e. The second kappa shape index (κ2) is 8.22. The van der Waals surface area contributed by atoms with Crippen LogP contribution < -0.4 is 4.90 Å². The molecule has 0 aliphatic heterocycles. The summed E-state index contributed by atoms with van der Waals surface area (Å²) in [5.41, 5.74) is 5.59. The molecule has 0 unspecified atom stereocenters. The van der Waals surface area contributed by atoms with Crippen molar-refractivity contribution >= 4 is 28.6 Å². The van der Waals surface area contributed by atoms with Crippen LogP contribution in [0, 0.1) is 0 Å². The van der Waals surface area contributed by atoms with Gasteiger partial charge in [-0.15, -0.1) is 0 Å². The van der Waals surface area contributed by atoms with E-state index in [1.807, 2.05) is 48.5 Å². The summed E-state index contributed by atoms with van der Waals surface area (Å²) >= 11 is 0. The Bertz CT molecular complexity index is 911. The quantitative estimate of drug-likeness (QED) is 0.453. The van der Waals surface area contributed by atoms with Crippen LogP contribution in [0.1, 0.15) is 59.9 Å². The number of hydrogen-bond donors (Lipinski definition) is 0. The molecule has 3 heteroatoms. The molecule has 0 N–H and O–H groups in total. The minimum atomic E-state index is 0.0465. The molecule has 0 radical (unpaired) electrons. The third-order valence-electron chi connectivity index (χ3n) is 4.88. The average Bonchev–Trinajstić information content (AvgIpc) is 2.69. The van der Waals surface area contributed by atoms with Gasteiger partial charge in [-0.3, -0.25) is 9.59 Å². The number of nitrogens with zero attached hydrogens (tertiary/aromatic N) is 1. The number of hydrogen-bond acceptors (Lipinski definition) is 3. The highest BCUT2D eigenvalue weighted by Gasteiger charge is 2.14. The highest BCUT2D eigenvalue weighted by atomic mass is 16.1. The fraction of sp³-hybridized carbons (Fsp3) is 0.200. The Hall–Kier alpha value is -3.20. The topological polar surface area (TPSA) is 37.4 Å². The van der Waals surface area contributed by atoms with Gasteiger partial charge >= 0.3 is 0 Å². The molecule has 3 nitrogen and oxygen atoms in total. The first-order valence-electron chi connectivity index (χ1n) is 9.49. The molecule has 28 heavy (non-hydrogen) atoms. The van der Waals surface area contributed by atoms with Crippen molar-refractivity contribution in [3.63, 3.8) is 0 Å². The van der Waals surface area contributed by atoms with Gasteiger partial charge in [0, 0.05) is 28.2 Å². The van der Waals surface area contributed by atoms with Crippen molar-refractivity contribution in [2.24, 2.45) is 0 Å². The number of ketones is 2. The van der Waals surface area contributed by atoms with Crippen molar-refractivity contribution < 1.29 is 9.59 Å². The predicted molar refractivity (Wildman–Crippen MR) is 115 cm³/mol. The lowest BCUT2D eigenvalue weighted by atomic mass is 10.0. The van der Waals surface area contributed by atoms with E-state index in [0.717, 1.165) is 17.1 Å². The van der Waals surface area contributed by atoms with Crippen molar-refractivity contribution in [3.05, 3.63) is 89.5 Å². The SMILES string of the molecule is CC(=O)c1ccc(N(c2ccc(C(C)=O)cc2)c2ccc(C(C)C)cc2)cc1. The summed E-state index contributed by atoms with van der Waals surface area (Å²) in [4.78, 5) is 25.4. The van der Waals surface area contributed by atoms with Gasteiger partial charge in [0.25, 0.3) is 0 Å². The average molecular weight is 371 g/mol. The number of Topliss-reactive ketones (excluding diaryl/α,β-unsaturated/α-hetero) is 2. The number of anilines is 3. The van der Waals surface area contributed by atoms with E-state index in [1.165, 1.54) is 5.56 Å². The van der Waals surface area contributed by atoms with Gasteiger partial charge in [-0.1, -0.05) is 26.0 Å². The van der Waals surface area contributed by atoms with Crippen LogP contribution in [-0.4, -0.2) is 11.6 Å². The minimum Gasteiger partial charge on any atom is -0.311 e. The molecular formula is C25H25NO2. The normalized spacial score (nSPS) is 10.8. The number of carbonyl (C=O) groups is 2. The van der Waals surface area contributed by atoms with E-state index in [9.17, 15) is 9.59 Å². The van der Waals surface area contributed by atoms with Crippen LogP contribution in [0.5, 0.6) is 0 Å². The van der Waals surface area contributed by atoms with Gasteiger partial charge in [0.15, 0.2) is 11.6 Å². The van der Waals surface area contributed by atoms with Crippen LogP contribution >= 0.6 is 0 Å². The van der Waals surface area contributed by atoms with E-state index in [4.69, 9.17) is 0 Å². The van der Waals surface area contributed by atoms with Crippen LogP contribution in [0.2, 0.25) is 0 Å².